The van der Waals surface area contributed by atoms with E-state index in [1.54, 1.807) is 30.5 Å². The molecule has 2 aromatic carbocycles. The van der Waals surface area contributed by atoms with E-state index in [0.29, 0.717) is 38.5 Å². The first-order valence-electron chi connectivity index (χ1n) is 10.7. The number of nitrogens with zero attached hydrogens (tertiary/aromatic N) is 3. The topological polar surface area (TPSA) is 121 Å². The molecule has 35 heavy (non-hydrogen) atoms. The van der Waals surface area contributed by atoms with E-state index in [-0.39, 0.29) is 5.70 Å². The molecular formula is C24H21ClN6O3S. The number of nitrogens with one attached hydrogen (secondary N) is 3. The molecule has 178 valence electrons. The molecule has 4 N–H and O–H groups in total. The van der Waals surface area contributed by atoms with Crippen molar-refractivity contribution in [2.45, 2.75) is 23.9 Å². The Balaban J connectivity index is 1.59. The molecule has 2 aromatic heterocycles. The minimum atomic E-state index is -1.45. The average Bonchev–Trinajstić information content (AvgIpc) is 3.35. The summed E-state index contributed by atoms with van der Waals surface area (Å²) in [5.41, 5.74) is 3.95. The lowest BCUT2D eigenvalue weighted by Crippen LogP contribution is -2.25. The molecule has 1 fully saturated rings. The summed E-state index contributed by atoms with van der Waals surface area (Å²) < 4.78 is 15.0. The maximum atomic E-state index is 13.5. The van der Waals surface area contributed by atoms with Gasteiger partial charge in [-0.05, 0) is 36.8 Å². The van der Waals surface area contributed by atoms with Gasteiger partial charge < -0.3 is 21.1 Å². The van der Waals surface area contributed by atoms with Crippen LogP contribution in [0.15, 0.2) is 71.5 Å². The van der Waals surface area contributed by atoms with Crippen molar-refractivity contribution in [1.29, 1.82) is 0 Å². The first-order valence-corrected chi connectivity index (χ1v) is 12.4. The first kappa shape index (κ1) is 23.0. The van der Waals surface area contributed by atoms with Gasteiger partial charge in [-0.3, -0.25) is 4.21 Å². The van der Waals surface area contributed by atoms with Crippen LogP contribution in [0.5, 0.6) is 0 Å². The van der Waals surface area contributed by atoms with Crippen LogP contribution < -0.4 is 16.0 Å². The molecule has 2 amide bonds. The number of aromatic nitrogens is 3. The summed E-state index contributed by atoms with van der Waals surface area (Å²) in [4.78, 5) is 16.2. The van der Waals surface area contributed by atoms with E-state index >= 15 is 0 Å². The zero-order valence-electron chi connectivity index (χ0n) is 18.5. The molecule has 0 spiro atoms. The summed E-state index contributed by atoms with van der Waals surface area (Å²) in [6, 6.07) is 16.2. The quantitative estimate of drug-likeness (QED) is 0.295. The number of anilines is 2. The van der Waals surface area contributed by atoms with Crippen molar-refractivity contribution >= 4 is 51.7 Å². The van der Waals surface area contributed by atoms with Crippen molar-refractivity contribution in [2.75, 3.05) is 5.32 Å². The molecule has 3 heterocycles. The Bertz CT molecular complexity index is 1500. The highest BCUT2D eigenvalue weighted by atomic mass is 35.5. The normalized spacial score (nSPS) is 17.4. The van der Waals surface area contributed by atoms with Gasteiger partial charge in [-0.2, -0.15) is 5.10 Å². The number of benzene rings is 2. The molecule has 2 atom stereocenters. The molecule has 5 rings (SSSR count). The SMILES string of the molecule is Cc1cccc(CS(=O)c2cc(Nc3cccc(Cl)c3)nc3c(/C=C4\NC(=O)NC4O)cnn23)c1. The first-order chi connectivity index (χ1) is 16.9. The van der Waals surface area contributed by atoms with Crippen LogP contribution >= 0.6 is 11.6 Å². The Kier molecular flexibility index (Phi) is 6.25. The highest BCUT2D eigenvalue weighted by molar-refractivity contribution is 7.84. The molecule has 2 unspecified atom stereocenters. The van der Waals surface area contributed by atoms with Gasteiger partial charge >= 0.3 is 6.03 Å². The molecule has 1 saturated heterocycles. The summed E-state index contributed by atoms with van der Waals surface area (Å²) >= 11 is 6.12. The van der Waals surface area contributed by atoms with Crippen molar-refractivity contribution in [3.05, 3.63) is 88.2 Å². The zero-order valence-corrected chi connectivity index (χ0v) is 20.1. The van der Waals surface area contributed by atoms with Crippen molar-refractivity contribution < 1.29 is 14.1 Å². The van der Waals surface area contributed by atoms with E-state index in [0.717, 1.165) is 11.1 Å². The fourth-order valence-corrected chi connectivity index (χ4v) is 5.13. The molecular weight excluding hydrogens is 488 g/mol. The van der Waals surface area contributed by atoms with Gasteiger partial charge in [-0.1, -0.05) is 47.5 Å². The molecule has 1 aliphatic heterocycles. The van der Waals surface area contributed by atoms with Crippen LogP contribution in [0.25, 0.3) is 11.7 Å². The van der Waals surface area contributed by atoms with Gasteiger partial charge in [-0.15, -0.1) is 0 Å². The number of fused-ring (bicyclic) bond motifs is 1. The fourth-order valence-electron chi connectivity index (χ4n) is 3.74. The monoisotopic (exact) mass is 508 g/mol. The number of amides is 2. The number of urea groups is 1. The Labute approximate surface area is 208 Å². The van der Waals surface area contributed by atoms with E-state index in [1.165, 1.54) is 4.52 Å². The number of halogens is 1. The van der Waals surface area contributed by atoms with E-state index in [2.05, 4.69) is 26.0 Å². The van der Waals surface area contributed by atoms with Crippen LogP contribution in [0.2, 0.25) is 5.02 Å². The van der Waals surface area contributed by atoms with Crippen LogP contribution in [-0.2, 0) is 16.6 Å². The number of hydrogen-bond acceptors (Lipinski definition) is 6. The molecule has 0 aliphatic carbocycles. The van der Waals surface area contributed by atoms with Gasteiger partial charge in [-0.25, -0.2) is 14.3 Å². The summed E-state index contributed by atoms with van der Waals surface area (Å²) in [5, 5.41) is 23.6. The average molecular weight is 509 g/mol. The Morgan fingerprint density at radius 3 is 2.80 bits per heavy atom. The molecule has 11 heteroatoms. The molecule has 1 aliphatic rings. The van der Waals surface area contributed by atoms with Crippen molar-refractivity contribution in [3.8, 4) is 0 Å². The number of carbonyl (C=O) groups excluding carboxylic acids is 1. The highest BCUT2D eigenvalue weighted by Crippen LogP contribution is 2.25. The maximum absolute atomic E-state index is 13.5. The second-order valence-electron chi connectivity index (χ2n) is 8.03. The van der Waals surface area contributed by atoms with Crippen LogP contribution in [-0.4, -0.2) is 36.2 Å². The Morgan fingerprint density at radius 2 is 2.06 bits per heavy atom. The lowest BCUT2D eigenvalue weighted by Gasteiger charge is -2.11. The lowest BCUT2D eigenvalue weighted by atomic mass is 10.2. The Morgan fingerprint density at radius 1 is 1.23 bits per heavy atom. The minimum Gasteiger partial charge on any atom is -0.368 e. The van der Waals surface area contributed by atoms with Gasteiger partial charge in [0, 0.05) is 22.3 Å². The molecule has 0 bridgehead atoms. The molecule has 0 saturated carbocycles. The van der Waals surface area contributed by atoms with E-state index in [4.69, 9.17) is 11.6 Å². The van der Waals surface area contributed by atoms with Crippen LogP contribution in [0, 0.1) is 6.92 Å². The number of carbonyl (C=O) groups is 1. The summed E-state index contributed by atoms with van der Waals surface area (Å²) in [7, 11) is -1.45. The molecule has 4 aromatic rings. The van der Waals surface area contributed by atoms with E-state index in [9.17, 15) is 14.1 Å². The van der Waals surface area contributed by atoms with Crippen molar-refractivity contribution in [3.63, 3.8) is 0 Å². The van der Waals surface area contributed by atoms with Gasteiger partial charge in [0.1, 0.15) is 10.8 Å². The minimum absolute atomic E-state index is 0.266. The van der Waals surface area contributed by atoms with Crippen molar-refractivity contribution in [1.82, 2.24) is 25.2 Å². The third-order valence-corrected chi connectivity index (χ3v) is 6.90. The van der Waals surface area contributed by atoms with Gasteiger partial charge in [0.15, 0.2) is 11.9 Å². The summed E-state index contributed by atoms with van der Waals surface area (Å²) in [5.74, 6) is 0.744. The third kappa shape index (κ3) is 5.04. The van der Waals surface area contributed by atoms with Gasteiger partial charge in [0.2, 0.25) is 0 Å². The van der Waals surface area contributed by atoms with Crippen molar-refractivity contribution in [2.24, 2.45) is 0 Å². The highest BCUT2D eigenvalue weighted by Gasteiger charge is 2.24. The number of hydrogen-bond donors (Lipinski definition) is 4. The van der Waals surface area contributed by atoms with Crippen LogP contribution in [0.3, 0.4) is 0 Å². The summed E-state index contributed by atoms with van der Waals surface area (Å²) in [6.07, 6.45) is 1.96. The second-order valence-corrected chi connectivity index (χ2v) is 9.86. The number of aliphatic hydroxyl groups is 1. The van der Waals surface area contributed by atoms with Gasteiger partial charge in [0.05, 0.1) is 28.4 Å². The predicted molar refractivity (Wildman–Crippen MR) is 135 cm³/mol. The van der Waals surface area contributed by atoms with Crippen LogP contribution in [0.1, 0.15) is 16.7 Å². The van der Waals surface area contributed by atoms with E-state index < -0.39 is 23.1 Å². The fraction of sp³-hybridized carbons (Fsp3) is 0.125. The molecule has 0 radical (unpaired) electrons. The lowest BCUT2D eigenvalue weighted by molar-refractivity contribution is 0.192. The largest absolute Gasteiger partial charge is 0.368 e. The number of aryl methyl sites for hydroxylation is 1. The number of aliphatic hydroxyl groups excluding tert-OH is 1. The predicted octanol–water partition coefficient (Wildman–Crippen LogP) is 3.71. The smallest absolute Gasteiger partial charge is 0.321 e. The van der Waals surface area contributed by atoms with Crippen LogP contribution in [0.4, 0.5) is 16.3 Å². The standard InChI is InChI=1S/C24H21ClN6O3S/c1-14-4-2-5-15(8-14)13-35(34)21-11-20(27-18-7-3-6-17(25)10-18)29-22-16(12-26-31(21)22)9-19-23(32)30-24(33)28-19/h2-12,23,32H,13H2,1H3,(H,27,29)(H2,28,30,33)/b19-9-. The Hall–Kier alpha value is -3.73. The van der Waals surface area contributed by atoms with E-state index in [1.807, 2.05) is 43.3 Å². The zero-order chi connectivity index (χ0) is 24.5. The molecule has 9 nitrogen and oxygen atoms in total. The maximum Gasteiger partial charge on any atom is 0.321 e. The third-order valence-electron chi connectivity index (χ3n) is 5.31. The van der Waals surface area contributed by atoms with Gasteiger partial charge in [0.25, 0.3) is 0 Å². The number of rotatable bonds is 6. The summed E-state index contributed by atoms with van der Waals surface area (Å²) in [6.45, 7) is 1.99. The second kappa shape index (κ2) is 9.49.